The number of hydrogen-bond donors (Lipinski definition) is 1. The molecule has 0 aliphatic carbocycles. The second-order valence-electron chi connectivity index (χ2n) is 3.78. The number of carboxylic acids is 1. The minimum absolute atomic E-state index is 0.0988. The maximum atomic E-state index is 11.0. The number of pyridine rings is 1. The Balaban J connectivity index is 2.59. The maximum Gasteiger partial charge on any atom is 0.316 e. The van der Waals surface area contributed by atoms with Crippen LogP contribution in [0.3, 0.4) is 0 Å². The molecule has 88 valence electrons. The van der Waals surface area contributed by atoms with Gasteiger partial charge in [0.15, 0.2) is 0 Å². The Kier molecular flexibility index (Phi) is 5.09. The molecule has 0 amide bonds. The first kappa shape index (κ1) is 13.3. The van der Waals surface area contributed by atoms with Crippen LogP contribution in [0.1, 0.15) is 19.5 Å². The summed E-state index contributed by atoms with van der Waals surface area (Å²) in [4.78, 5) is 15.1. The molecule has 0 aliphatic heterocycles. The van der Waals surface area contributed by atoms with Crippen LogP contribution in [0.4, 0.5) is 0 Å². The van der Waals surface area contributed by atoms with Crippen LogP contribution in [0.25, 0.3) is 0 Å². The van der Waals surface area contributed by atoms with Gasteiger partial charge in [-0.15, -0.1) is 11.8 Å². The van der Waals surface area contributed by atoms with Gasteiger partial charge in [0.05, 0.1) is 5.69 Å². The molecule has 1 unspecified atom stereocenters. The molecule has 0 saturated heterocycles. The Hall–Kier alpha value is -0.740. The monoisotopic (exact) mass is 259 g/mol. The molecule has 0 radical (unpaired) electrons. The molecule has 0 bridgehead atoms. The summed E-state index contributed by atoms with van der Waals surface area (Å²) in [6.45, 7) is 3.80. The Morgan fingerprint density at radius 2 is 2.31 bits per heavy atom. The van der Waals surface area contributed by atoms with Crippen LogP contribution >= 0.6 is 23.4 Å². The van der Waals surface area contributed by atoms with Crippen LogP contribution in [0.5, 0.6) is 0 Å². The van der Waals surface area contributed by atoms with Crippen molar-refractivity contribution < 1.29 is 9.90 Å². The normalized spacial score (nSPS) is 12.8. The van der Waals surface area contributed by atoms with E-state index in [4.69, 9.17) is 16.7 Å². The molecule has 5 heteroatoms. The van der Waals surface area contributed by atoms with Crippen molar-refractivity contribution in [1.29, 1.82) is 0 Å². The Bertz CT molecular complexity index is 371. The Labute approximate surface area is 104 Å². The predicted molar refractivity (Wildman–Crippen MR) is 66.8 cm³/mol. The Morgan fingerprint density at radius 3 is 2.81 bits per heavy atom. The van der Waals surface area contributed by atoms with Crippen molar-refractivity contribution in [2.24, 2.45) is 5.92 Å². The summed E-state index contributed by atoms with van der Waals surface area (Å²) in [7, 11) is 0. The molecule has 0 aromatic carbocycles. The van der Waals surface area contributed by atoms with Crippen LogP contribution in [-0.2, 0) is 10.5 Å². The van der Waals surface area contributed by atoms with Gasteiger partial charge in [-0.1, -0.05) is 25.4 Å². The fourth-order valence-corrected chi connectivity index (χ4v) is 2.47. The number of hydrogen-bond acceptors (Lipinski definition) is 3. The van der Waals surface area contributed by atoms with Crippen LogP contribution in [0.2, 0.25) is 5.02 Å². The van der Waals surface area contributed by atoms with Crippen molar-refractivity contribution in [2.75, 3.05) is 0 Å². The number of thioether (sulfide) groups is 1. The fourth-order valence-electron chi connectivity index (χ4n) is 1.25. The van der Waals surface area contributed by atoms with E-state index in [0.717, 1.165) is 5.69 Å². The van der Waals surface area contributed by atoms with Gasteiger partial charge in [0.1, 0.15) is 5.25 Å². The van der Waals surface area contributed by atoms with E-state index in [1.54, 1.807) is 18.3 Å². The zero-order chi connectivity index (χ0) is 12.1. The zero-order valence-electron chi connectivity index (χ0n) is 9.18. The van der Waals surface area contributed by atoms with Gasteiger partial charge in [0.25, 0.3) is 0 Å². The lowest BCUT2D eigenvalue weighted by atomic mass is 10.1. The second kappa shape index (κ2) is 6.11. The lowest BCUT2D eigenvalue weighted by Gasteiger charge is -2.15. The average molecular weight is 260 g/mol. The summed E-state index contributed by atoms with van der Waals surface area (Å²) in [6, 6.07) is 3.46. The van der Waals surface area contributed by atoms with Crippen molar-refractivity contribution in [3.63, 3.8) is 0 Å². The van der Waals surface area contributed by atoms with Gasteiger partial charge in [-0.3, -0.25) is 9.78 Å². The molecule has 3 nitrogen and oxygen atoms in total. The van der Waals surface area contributed by atoms with Gasteiger partial charge in [-0.25, -0.2) is 0 Å². The molecule has 1 aromatic heterocycles. The van der Waals surface area contributed by atoms with Crippen molar-refractivity contribution in [3.05, 3.63) is 29.0 Å². The van der Waals surface area contributed by atoms with E-state index in [1.165, 1.54) is 11.8 Å². The third-order valence-corrected chi connectivity index (χ3v) is 3.84. The van der Waals surface area contributed by atoms with Crippen molar-refractivity contribution in [1.82, 2.24) is 4.98 Å². The molecule has 1 atom stereocenters. The molecule has 0 saturated carbocycles. The smallest absolute Gasteiger partial charge is 0.316 e. The van der Waals surface area contributed by atoms with Gasteiger partial charge in [0.2, 0.25) is 0 Å². The highest BCUT2D eigenvalue weighted by atomic mass is 35.5. The van der Waals surface area contributed by atoms with Crippen LogP contribution in [0.15, 0.2) is 18.3 Å². The summed E-state index contributed by atoms with van der Waals surface area (Å²) in [5, 5.41) is 9.23. The van der Waals surface area contributed by atoms with E-state index in [1.807, 2.05) is 13.8 Å². The third-order valence-electron chi connectivity index (χ3n) is 2.04. The number of carboxylic acid groups (broad SMARTS) is 1. The molecule has 0 aliphatic rings. The number of carbonyl (C=O) groups is 1. The fraction of sp³-hybridized carbons (Fsp3) is 0.455. The lowest BCUT2D eigenvalue weighted by Crippen LogP contribution is -2.22. The van der Waals surface area contributed by atoms with E-state index in [2.05, 4.69) is 4.98 Å². The van der Waals surface area contributed by atoms with Gasteiger partial charge < -0.3 is 5.11 Å². The first-order valence-corrected chi connectivity index (χ1v) is 6.38. The number of nitrogens with zero attached hydrogens (tertiary/aromatic N) is 1. The van der Waals surface area contributed by atoms with E-state index in [0.29, 0.717) is 10.8 Å². The number of aromatic nitrogens is 1. The van der Waals surface area contributed by atoms with Crippen molar-refractivity contribution >= 4 is 29.3 Å². The summed E-state index contributed by atoms with van der Waals surface area (Å²) in [5.74, 6) is -0.112. The molecular weight excluding hydrogens is 246 g/mol. The summed E-state index contributed by atoms with van der Waals surface area (Å²) in [5.41, 5.74) is 0.810. The topological polar surface area (TPSA) is 50.2 Å². The van der Waals surface area contributed by atoms with E-state index >= 15 is 0 Å². The molecular formula is C11H14ClNO2S. The standard InChI is InChI=1S/C11H14ClNO2S/c1-7(2)10(11(14)15)16-6-9-5-8(12)3-4-13-9/h3-5,7,10H,6H2,1-2H3,(H,14,15). The highest BCUT2D eigenvalue weighted by molar-refractivity contribution is 7.99. The number of aliphatic carboxylic acids is 1. The van der Waals surface area contributed by atoms with Crippen molar-refractivity contribution in [3.8, 4) is 0 Å². The Morgan fingerprint density at radius 1 is 1.62 bits per heavy atom. The number of rotatable bonds is 5. The highest BCUT2D eigenvalue weighted by Crippen LogP contribution is 2.24. The van der Waals surface area contributed by atoms with E-state index in [-0.39, 0.29) is 5.92 Å². The van der Waals surface area contributed by atoms with Crippen molar-refractivity contribution in [2.45, 2.75) is 24.9 Å². The van der Waals surface area contributed by atoms with Crippen LogP contribution < -0.4 is 0 Å². The SMILES string of the molecule is CC(C)C(SCc1cc(Cl)ccn1)C(=O)O. The summed E-state index contributed by atoms with van der Waals surface area (Å²) in [6.07, 6.45) is 1.63. The van der Waals surface area contributed by atoms with Gasteiger partial charge in [0, 0.05) is 17.0 Å². The summed E-state index contributed by atoms with van der Waals surface area (Å²) < 4.78 is 0. The quantitative estimate of drug-likeness (QED) is 0.883. The molecule has 1 rings (SSSR count). The average Bonchev–Trinajstić information content (AvgIpc) is 2.16. The van der Waals surface area contributed by atoms with Crippen LogP contribution in [0, 0.1) is 5.92 Å². The first-order chi connectivity index (χ1) is 7.50. The minimum atomic E-state index is -0.776. The minimum Gasteiger partial charge on any atom is -0.480 e. The number of halogens is 1. The largest absolute Gasteiger partial charge is 0.480 e. The van der Waals surface area contributed by atoms with Gasteiger partial charge >= 0.3 is 5.97 Å². The third kappa shape index (κ3) is 4.02. The van der Waals surface area contributed by atoms with E-state index < -0.39 is 11.2 Å². The molecule has 16 heavy (non-hydrogen) atoms. The first-order valence-electron chi connectivity index (χ1n) is 4.95. The molecule has 1 aromatic rings. The molecule has 1 N–H and O–H groups in total. The molecule has 0 fully saturated rings. The van der Waals surface area contributed by atoms with Crippen LogP contribution in [-0.4, -0.2) is 21.3 Å². The van der Waals surface area contributed by atoms with Gasteiger partial charge in [-0.05, 0) is 18.1 Å². The lowest BCUT2D eigenvalue weighted by molar-refractivity contribution is -0.137. The van der Waals surface area contributed by atoms with Gasteiger partial charge in [-0.2, -0.15) is 0 Å². The molecule has 0 spiro atoms. The maximum absolute atomic E-state index is 11.0. The predicted octanol–water partition coefficient (Wildman–Crippen LogP) is 3.08. The zero-order valence-corrected chi connectivity index (χ0v) is 10.8. The summed E-state index contributed by atoms with van der Waals surface area (Å²) >= 11 is 7.20. The molecule has 1 heterocycles. The van der Waals surface area contributed by atoms with E-state index in [9.17, 15) is 4.79 Å². The highest BCUT2D eigenvalue weighted by Gasteiger charge is 2.21. The second-order valence-corrected chi connectivity index (χ2v) is 5.35.